The van der Waals surface area contributed by atoms with Crippen LogP contribution in [0, 0.1) is 5.82 Å². The molecule has 0 saturated heterocycles. The second-order valence-electron chi connectivity index (χ2n) is 4.52. The Morgan fingerprint density at radius 2 is 2.14 bits per heavy atom. The van der Waals surface area contributed by atoms with E-state index in [4.69, 9.17) is 0 Å². The van der Waals surface area contributed by atoms with E-state index < -0.39 is 0 Å². The fourth-order valence-electron chi connectivity index (χ4n) is 2.18. The minimum absolute atomic E-state index is 0.291. The highest BCUT2D eigenvalue weighted by Gasteiger charge is 2.07. The van der Waals surface area contributed by atoms with Crippen molar-refractivity contribution in [2.75, 3.05) is 5.32 Å². The molecule has 4 rings (SSSR count). The lowest BCUT2D eigenvalue weighted by molar-refractivity contribution is 0.629. The molecule has 7 nitrogen and oxygen atoms in total. The Labute approximate surface area is 117 Å². The zero-order valence-corrected chi connectivity index (χ0v) is 10.8. The number of aromatic nitrogens is 6. The maximum Gasteiger partial charge on any atom is 0.182 e. The van der Waals surface area contributed by atoms with Gasteiger partial charge in [-0.05, 0) is 18.2 Å². The summed E-state index contributed by atoms with van der Waals surface area (Å²) in [5, 5.41) is 3.16. The molecule has 3 aromatic heterocycles. The topological polar surface area (TPSA) is 95.2 Å². The molecule has 21 heavy (non-hydrogen) atoms. The summed E-state index contributed by atoms with van der Waals surface area (Å²) in [6.07, 6.45) is 3.01. The van der Waals surface area contributed by atoms with Crippen LogP contribution in [0.5, 0.6) is 0 Å². The summed E-state index contributed by atoms with van der Waals surface area (Å²) in [5.74, 6) is 1.05. The van der Waals surface area contributed by atoms with E-state index in [0.29, 0.717) is 29.4 Å². The largest absolute Gasteiger partial charge is 0.361 e. The van der Waals surface area contributed by atoms with Crippen molar-refractivity contribution in [2.45, 2.75) is 6.54 Å². The van der Waals surface area contributed by atoms with Crippen LogP contribution in [0.25, 0.3) is 22.2 Å². The van der Waals surface area contributed by atoms with Crippen LogP contribution in [0.15, 0.2) is 30.9 Å². The molecule has 0 saturated carbocycles. The first kappa shape index (κ1) is 11.8. The molecule has 4 aromatic rings. The van der Waals surface area contributed by atoms with E-state index in [2.05, 4.69) is 35.2 Å². The lowest BCUT2D eigenvalue weighted by atomic mass is 10.3. The number of benzene rings is 1. The molecule has 3 N–H and O–H groups in total. The Bertz CT molecular complexity index is 926. The molecular formula is C13H10FN7. The number of halogens is 1. The first-order chi connectivity index (χ1) is 10.3. The molecule has 8 heteroatoms. The van der Waals surface area contributed by atoms with Gasteiger partial charge in [0.25, 0.3) is 0 Å². The summed E-state index contributed by atoms with van der Waals surface area (Å²) in [7, 11) is 0. The quantitative estimate of drug-likeness (QED) is 0.534. The van der Waals surface area contributed by atoms with Crippen molar-refractivity contribution in [3.8, 4) is 0 Å². The predicted octanol–water partition coefficient (Wildman–Crippen LogP) is 1.98. The number of hydrogen-bond acceptors (Lipinski definition) is 5. The van der Waals surface area contributed by atoms with E-state index in [9.17, 15) is 4.39 Å². The van der Waals surface area contributed by atoms with Gasteiger partial charge in [0, 0.05) is 0 Å². The van der Waals surface area contributed by atoms with Crippen molar-refractivity contribution in [3.63, 3.8) is 0 Å². The van der Waals surface area contributed by atoms with Crippen molar-refractivity contribution in [1.82, 2.24) is 29.9 Å². The molecule has 0 aliphatic heterocycles. The normalized spacial score (nSPS) is 11.3. The molecule has 3 heterocycles. The fraction of sp³-hybridized carbons (Fsp3) is 0.0769. The molecule has 0 radical (unpaired) electrons. The van der Waals surface area contributed by atoms with Crippen LogP contribution in [0.4, 0.5) is 10.2 Å². The first-order valence-corrected chi connectivity index (χ1v) is 6.32. The minimum Gasteiger partial charge on any atom is -0.361 e. The van der Waals surface area contributed by atoms with E-state index in [1.165, 1.54) is 18.5 Å². The molecule has 0 aliphatic carbocycles. The lowest BCUT2D eigenvalue weighted by Gasteiger charge is -2.03. The number of anilines is 1. The number of nitrogens with one attached hydrogen (secondary N) is 3. The van der Waals surface area contributed by atoms with E-state index in [-0.39, 0.29) is 5.82 Å². The number of nitrogens with zero attached hydrogens (tertiary/aromatic N) is 4. The molecule has 0 atom stereocenters. The summed E-state index contributed by atoms with van der Waals surface area (Å²) < 4.78 is 13.1. The first-order valence-electron chi connectivity index (χ1n) is 6.32. The van der Waals surface area contributed by atoms with Gasteiger partial charge in [0.2, 0.25) is 0 Å². The van der Waals surface area contributed by atoms with Gasteiger partial charge in [-0.3, -0.25) is 0 Å². The van der Waals surface area contributed by atoms with E-state index in [0.717, 1.165) is 11.0 Å². The molecule has 0 bridgehead atoms. The van der Waals surface area contributed by atoms with Crippen LogP contribution in [0.1, 0.15) is 5.82 Å². The molecule has 104 valence electrons. The van der Waals surface area contributed by atoms with Gasteiger partial charge in [-0.15, -0.1) is 0 Å². The fourth-order valence-corrected chi connectivity index (χ4v) is 2.18. The third-order valence-corrected chi connectivity index (χ3v) is 3.14. The molecule has 0 amide bonds. The highest BCUT2D eigenvalue weighted by Crippen LogP contribution is 2.16. The van der Waals surface area contributed by atoms with E-state index in [1.807, 2.05) is 0 Å². The molecule has 0 unspecified atom stereocenters. The third kappa shape index (κ3) is 2.06. The Morgan fingerprint density at radius 3 is 3.10 bits per heavy atom. The van der Waals surface area contributed by atoms with Gasteiger partial charge >= 0.3 is 0 Å². The van der Waals surface area contributed by atoms with Crippen molar-refractivity contribution >= 4 is 28.0 Å². The standard InChI is InChI=1S/C13H10FN7/c14-7-1-2-8-9(3-7)21-10(20-8)4-15-12-11-13(17-5-16-11)19-6-18-12/h1-3,5-6H,4H2,(H,20,21)(H2,15,16,17,18,19). The van der Waals surface area contributed by atoms with Crippen molar-refractivity contribution in [3.05, 3.63) is 42.5 Å². The predicted molar refractivity (Wildman–Crippen MR) is 75.1 cm³/mol. The van der Waals surface area contributed by atoms with Crippen LogP contribution in [-0.2, 0) is 6.54 Å². The molecule has 0 aliphatic rings. The average Bonchev–Trinajstić information content (AvgIpc) is 3.10. The number of rotatable bonds is 3. The van der Waals surface area contributed by atoms with Gasteiger partial charge in [0.1, 0.15) is 23.5 Å². The van der Waals surface area contributed by atoms with Crippen molar-refractivity contribution in [1.29, 1.82) is 0 Å². The Kier molecular flexibility index (Phi) is 2.53. The summed E-state index contributed by atoms with van der Waals surface area (Å²) in [4.78, 5) is 22.7. The smallest absolute Gasteiger partial charge is 0.182 e. The average molecular weight is 283 g/mol. The highest BCUT2D eigenvalue weighted by molar-refractivity contribution is 5.82. The molecule has 0 spiro atoms. The minimum atomic E-state index is -0.291. The number of imidazole rings is 2. The number of hydrogen-bond donors (Lipinski definition) is 3. The van der Waals surface area contributed by atoms with E-state index >= 15 is 0 Å². The maximum atomic E-state index is 13.1. The molecular weight excluding hydrogens is 273 g/mol. The van der Waals surface area contributed by atoms with Crippen molar-refractivity contribution < 1.29 is 4.39 Å². The van der Waals surface area contributed by atoms with Crippen LogP contribution in [0.2, 0.25) is 0 Å². The maximum absolute atomic E-state index is 13.1. The van der Waals surface area contributed by atoms with Crippen molar-refractivity contribution in [2.24, 2.45) is 0 Å². The number of H-pyrrole nitrogens is 2. The van der Waals surface area contributed by atoms with Gasteiger partial charge in [0.15, 0.2) is 11.5 Å². The second kappa shape index (κ2) is 4.51. The monoisotopic (exact) mass is 283 g/mol. The van der Waals surface area contributed by atoms with E-state index in [1.54, 1.807) is 12.4 Å². The van der Waals surface area contributed by atoms with Gasteiger partial charge in [-0.1, -0.05) is 0 Å². The van der Waals surface area contributed by atoms with Gasteiger partial charge in [0.05, 0.1) is 23.9 Å². The SMILES string of the molecule is Fc1ccc2nc(CNc3ncnc4nc[nH]c34)[nH]c2c1. The van der Waals surface area contributed by atoms with Gasteiger partial charge < -0.3 is 15.3 Å². The Hall–Kier alpha value is -3.03. The number of aromatic amines is 2. The molecule has 1 aromatic carbocycles. The summed E-state index contributed by atoms with van der Waals surface area (Å²) in [6, 6.07) is 4.45. The lowest BCUT2D eigenvalue weighted by Crippen LogP contribution is -2.03. The number of fused-ring (bicyclic) bond motifs is 2. The zero-order valence-electron chi connectivity index (χ0n) is 10.8. The van der Waals surface area contributed by atoms with Crippen LogP contribution in [-0.4, -0.2) is 29.9 Å². The van der Waals surface area contributed by atoms with Crippen LogP contribution in [0.3, 0.4) is 0 Å². The molecule has 0 fully saturated rings. The summed E-state index contributed by atoms with van der Waals surface area (Å²) >= 11 is 0. The third-order valence-electron chi connectivity index (χ3n) is 3.14. The van der Waals surface area contributed by atoms with Crippen LogP contribution >= 0.6 is 0 Å². The van der Waals surface area contributed by atoms with Gasteiger partial charge in [-0.25, -0.2) is 24.3 Å². The zero-order chi connectivity index (χ0) is 14.2. The van der Waals surface area contributed by atoms with Gasteiger partial charge in [-0.2, -0.15) is 0 Å². The summed E-state index contributed by atoms with van der Waals surface area (Å²) in [6.45, 7) is 0.432. The highest BCUT2D eigenvalue weighted by atomic mass is 19.1. The Balaban J connectivity index is 1.61. The Morgan fingerprint density at radius 1 is 1.19 bits per heavy atom. The van der Waals surface area contributed by atoms with Crippen LogP contribution < -0.4 is 5.32 Å². The second-order valence-corrected chi connectivity index (χ2v) is 4.52. The summed E-state index contributed by atoms with van der Waals surface area (Å²) in [5.41, 5.74) is 2.72.